The molecule has 0 aliphatic rings. The molecule has 2 rings (SSSR count). The van der Waals surface area contributed by atoms with Crippen molar-refractivity contribution in [3.8, 4) is 0 Å². The van der Waals surface area contributed by atoms with Crippen LogP contribution >= 0.6 is 11.6 Å². The Bertz CT molecular complexity index is 763. The zero-order valence-electron chi connectivity index (χ0n) is 10.5. The molecule has 3 N–H and O–H groups in total. The normalized spacial score (nSPS) is 11.3. The third-order valence-electron chi connectivity index (χ3n) is 2.76. The monoisotopic (exact) mass is 314 g/mol. The quantitative estimate of drug-likeness (QED) is 0.855. The maximum absolute atomic E-state index is 13.7. The second-order valence-corrected chi connectivity index (χ2v) is 6.27. The molecule has 0 fully saturated rings. The Morgan fingerprint density at radius 3 is 2.60 bits per heavy atom. The summed E-state index contributed by atoms with van der Waals surface area (Å²) in [6.45, 7) is 1.67. The van der Waals surface area contributed by atoms with Crippen molar-refractivity contribution in [1.82, 2.24) is 0 Å². The lowest BCUT2D eigenvalue weighted by atomic mass is 10.2. The minimum Gasteiger partial charge on any atom is -0.399 e. The molecule has 0 amide bonds. The van der Waals surface area contributed by atoms with E-state index in [0.29, 0.717) is 16.3 Å². The smallest absolute Gasteiger partial charge is 0.264 e. The van der Waals surface area contributed by atoms with E-state index in [4.69, 9.17) is 17.3 Å². The van der Waals surface area contributed by atoms with Gasteiger partial charge in [-0.05, 0) is 42.8 Å². The molecule has 0 aliphatic heterocycles. The SMILES string of the molecule is Cc1c(Cl)cccc1NS(=O)(=O)c1ccc(N)cc1F. The summed E-state index contributed by atoms with van der Waals surface area (Å²) in [5, 5.41) is 0.419. The third-order valence-corrected chi connectivity index (χ3v) is 4.57. The van der Waals surface area contributed by atoms with Crippen LogP contribution in [0.3, 0.4) is 0 Å². The van der Waals surface area contributed by atoms with Gasteiger partial charge in [-0.3, -0.25) is 4.72 Å². The van der Waals surface area contributed by atoms with Crippen LogP contribution in [-0.2, 0) is 10.0 Å². The van der Waals surface area contributed by atoms with E-state index < -0.39 is 20.7 Å². The van der Waals surface area contributed by atoms with Crippen LogP contribution in [0.15, 0.2) is 41.3 Å². The van der Waals surface area contributed by atoms with Gasteiger partial charge in [0.2, 0.25) is 0 Å². The summed E-state index contributed by atoms with van der Waals surface area (Å²) in [6.07, 6.45) is 0. The number of benzene rings is 2. The second-order valence-electron chi connectivity index (χ2n) is 4.21. The molecule has 4 nitrogen and oxygen atoms in total. The van der Waals surface area contributed by atoms with Crippen molar-refractivity contribution in [1.29, 1.82) is 0 Å². The molecule has 0 saturated carbocycles. The molecule has 0 atom stereocenters. The zero-order chi connectivity index (χ0) is 14.9. The first-order valence-corrected chi connectivity index (χ1v) is 7.50. The maximum atomic E-state index is 13.7. The highest BCUT2D eigenvalue weighted by Gasteiger charge is 2.20. The maximum Gasteiger partial charge on any atom is 0.264 e. The lowest BCUT2D eigenvalue weighted by Gasteiger charge is -2.12. The first kappa shape index (κ1) is 14.6. The molecule has 7 heteroatoms. The molecule has 0 bridgehead atoms. The molecule has 0 unspecified atom stereocenters. The van der Waals surface area contributed by atoms with Crippen molar-refractivity contribution in [3.05, 3.63) is 52.8 Å². The Balaban J connectivity index is 2.44. The summed E-state index contributed by atoms with van der Waals surface area (Å²) in [7, 11) is -4.04. The molecule has 0 radical (unpaired) electrons. The third kappa shape index (κ3) is 2.86. The van der Waals surface area contributed by atoms with Crippen LogP contribution in [0.25, 0.3) is 0 Å². The minimum absolute atomic E-state index is 0.153. The molecule has 0 saturated heterocycles. The van der Waals surface area contributed by atoms with E-state index in [9.17, 15) is 12.8 Å². The topological polar surface area (TPSA) is 72.2 Å². The molecule has 2 aromatic rings. The number of nitrogens with two attached hydrogens (primary N) is 1. The summed E-state index contributed by atoms with van der Waals surface area (Å²) in [4.78, 5) is -0.467. The van der Waals surface area contributed by atoms with Gasteiger partial charge in [-0.15, -0.1) is 0 Å². The number of hydrogen-bond acceptors (Lipinski definition) is 3. The Labute approximate surface area is 121 Å². The van der Waals surface area contributed by atoms with Crippen LogP contribution in [0.5, 0.6) is 0 Å². The number of anilines is 2. The van der Waals surface area contributed by atoms with Crippen LogP contribution < -0.4 is 10.5 Å². The van der Waals surface area contributed by atoms with Gasteiger partial charge in [0.15, 0.2) is 0 Å². The standard InChI is InChI=1S/C13H12ClFN2O2S/c1-8-10(14)3-2-4-12(8)17-20(18,19)13-6-5-9(16)7-11(13)15/h2-7,17H,16H2,1H3. The molecule has 0 aromatic heterocycles. The summed E-state index contributed by atoms with van der Waals surface area (Å²) >= 11 is 5.92. The van der Waals surface area contributed by atoms with Crippen molar-refractivity contribution < 1.29 is 12.8 Å². The Kier molecular flexibility index (Phi) is 3.87. The van der Waals surface area contributed by atoms with Gasteiger partial charge >= 0.3 is 0 Å². The number of sulfonamides is 1. The Morgan fingerprint density at radius 2 is 1.95 bits per heavy atom. The summed E-state index contributed by atoms with van der Waals surface area (Å²) in [5.74, 6) is -0.905. The molecule has 0 spiro atoms. The van der Waals surface area contributed by atoms with E-state index in [0.717, 1.165) is 12.1 Å². The predicted molar refractivity (Wildman–Crippen MR) is 77.8 cm³/mol. The molecule has 0 heterocycles. The van der Waals surface area contributed by atoms with Gasteiger partial charge < -0.3 is 5.73 Å². The average Bonchev–Trinajstić information content (AvgIpc) is 2.34. The van der Waals surface area contributed by atoms with Crippen LogP contribution in [0, 0.1) is 12.7 Å². The lowest BCUT2D eigenvalue weighted by molar-refractivity contribution is 0.571. The van der Waals surface area contributed by atoms with E-state index in [2.05, 4.69) is 4.72 Å². The highest BCUT2D eigenvalue weighted by molar-refractivity contribution is 7.92. The number of rotatable bonds is 3. The van der Waals surface area contributed by atoms with E-state index in [1.165, 1.54) is 6.07 Å². The van der Waals surface area contributed by atoms with E-state index in [1.807, 2.05) is 0 Å². The van der Waals surface area contributed by atoms with E-state index in [-0.39, 0.29) is 5.69 Å². The van der Waals surface area contributed by atoms with Crippen LogP contribution in [0.4, 0.5) is 15.8 Å². The van der Waals surface area contributed by atoms with Crippen LogP contribution in [0.1, 0.15) is 5.56 Å². The zero-order valence-corrected chi connectivity index (χ0v) is 12.1. The summed E-state index contributed by atoms with van der Waals surface area (Å²) in [5.41, 5.74) is 6.41. The number of halogens is 2. The summed E-state index contributed by atoms with van der Waals surface area (Å²) in [6, 6.07) is 8.19. The van der Waals surface area contributed by atoms with E-state index in [1.54, 1.807) is 25.1 Å². The van der Waals surface area contributed by atoms with Crippen molar-refractivity contribution in [2.45, 2.75) is 11.8 Å². The molecular formula is C13H12ClFN2O2S. The van der Waals surface area contributed by atoms with Gasteiger partial charge in [0.1, 0.15) is 10.7 Å². The fraction of sp³-hybridized carbons (Fsp3) is 0.0769. The average molecular weight is 315 g/mol. The van der Waals surface area contributed by atoms with Gasteiger partial charge in [-0.1, -0.05) is 17.7 Å². The molecule has 20 heavy (non-hydrogen) atoms. The minimum atomic E-state index is -4.04. The molecule has 0 aliphatic carbocycles. The Morgan fingerprint density at radius 1 is 1.25 bits per heavy atom. The number of nitrogen functional groups attached to an aromatic ring is 1. The highest BCUT2D eigenvalue weighted by atomic mass is 35.5. The molecule has 2 aromatic carbocycles. The van der Waals surface area contributed by atoms with Gasteiger partial charge in [-0.25, -0.2) is 12.8 Å². The Hall–Kier alpha value is -1.79. The predicted octanol–water partition coefficient (Wildman–Crippen LogP) is 3.17. The summed E-state index contributed by atoms with van der Waals surface area (Å²) < 4.78 is 40.3. The van der Waals surface area contributed by atoms with Gasteiger partial charge in [0, 0.05) is 10.7 Å². The van der Waals surface area contributed by atoms with Crippen LogP contribution in [-0.4, -0.2) is 8.42 Å². The lowest BCUT2D eigenvalue weighted by Crippen LogP contribution is -2.15. The highest BCUT2D eigenvalue weighted by Crippen LogP contribution is 2.26. The van der Waals surface area contributed by atoms with Crippen molar-refractivity contribution in [2.24, 2.45) is 0 Å². The number of nitrogens with one attached hydrogen (secondary N) is 1. The fourth-order valence-corrected chi connectivity index (χ4v) is 3.01. The van der Waals surface area contributed by atoms with Gasteiger partial charge in [0.05, 0.1) is 5.69 Å². The molecule has 106 valence electrons. The van der Waals surface area contributed by atoms with Gasteiger partial charge in [-0.2, -0.15) is 0 Å². The second kappa shape index (κ2) is 5.30. The van der Waals surface area contributed by atoms with Crippen molar-refractivity contribution in [3.63, 3.8) is 0 Å². The van der Waals surface area contributed by atoms with Crippen molar-refractivity contribution >= 4 is 33.0 Å². The first-order valence-electron chi connectivity index (χ1n) is 5.64. The largest absolute Gasteiger partial charge is 0.399 e. The van der Waals surface area contributed by atoms with Gasteiger partial charge in [0.25, 0.3) is 10.0 Å². The van der Waals surface area contributed by atoms with Crippen LogP contribution in [0.2, 0.25) is 5.02 Å². The first-order chi connectivity index (χ1) is 9.31. The fourth-order valence-electron chi connectivity index (χ4n) is 1.65. The van der Waals surface area contributed by atoms with E-state index >= 15 is 0 Å². The number of hydrogen-bond donors (Lipinski definition) is 2. The molecular weight excluding hydrogens is 303 g/mol. The van der Waals surface area contributed by atoms with Crippen molar-refractivity contribution in [2.75, 3.05) is 10.5 Å².